The zero-order valence-electron chi connectivity index (χ0n) is 14.6. The van der Waals surface area contributed by atoms with Gasteiger partial charge >= 0.3 is 5.97 Å². The van der Waals surface area contributed by atoms with E-state index < -0.39 is 17.9 Å². The summed E-state index contributed by atoms with van der Waals surface area (Å²) in [6.07, 6.45) is 5.54. The molecule has 1 heterocycles. The molecule has 0 bridgehead atoms. The second-order valence-corrected chi connectivity index (χ2v) is 6.08. The first-order valence-corrected chi connectivity index (χ1v) is 8.41. The first-order valence-electron chi connectivity index (χ1n) is 8.41. The number of carboxylic acid groups (broad SMARTS) is 1. The molecule has 0 saturated carbocycles. The number of hydrogen-bond donors (Lipinski definition) is 3. The monoisotopic (exact) mass is 357 g/mol. The van der Waals surface area contributed by atoms with Gasteiger partial charge in [0, 0.05) is 17.3 Å². The molecule has 0 fully saturated rings. The molecule has 1 aromatic rings. The lowest BCUT2D eigenvalue weighted by Crippen LogP contribution is -2.43. The molecule has 1 aromatic carbocycles. The third-order valence-corrected chi connectivity index (χ3v) is 4.13. The quantitative estimate of drug-likeness (QED) is 0.679. The van der Waals surface area contributed by atoms with E-state index in [0.717, 1.165) is 5.56 Å². The van der Waals surface area contributed by atoms with E-state index in [2.05, 4.69) is 5.32 Å². The SMILES string of the molecule is Cc1ccccc1C(=O)N1C=CC=C(C(=O)NC(CCCN)C(=O)O)C1. The molecular weight excluding hydrogens is 334 g/mol. The van der Waals surface area contributed by atoms with E-state index in [1.54, 1.807) is 30.5 Å². The summed E-state index contributed by atoms with van der Waals surface area (Å²) in [5.74, 6) is -1.82. The lowest BCUT2D eigenvalue weighted by atomic mass is 10.1. The summed E-state index contributed by atoms with van der Waals surface area (Å²) in [5.41, 5.74) is 7.13. The Labute approximate surface area is 152 Å². The third kappa shape index (κ3) is 4.80. The molecule has 1 atom stereocenters. The second kappa shape index (κ2) is 8.96. The molecular formula is C19H23N3O4. The van der Waals surface area contributed by atoms with Crippen LogP contribution in [0.15, 0.2) is 48.2 Å². The Morgan fingerprint density at radius 1 is 1.31 bits per heavy atom. The van der Waals surface area contributed by atoms with Crippen molar-refractivity contribution in [3.8, 4) is 0 Å². The molecule has 1 aliphatic heterocycles. The van der Waals surface area contributed by atoms with Gasteiger partial charge in [0.25, 0.3) is 5.91 Å². The number of aryl methyl sites for hydroxylation is 1. The van der Waals surface area contributed by atoms with Crippen LogP contribution in [-0.2, 0) is 9.59 Å². The number of nitrogens with zero attached hydrogens (tertiary/aromatic N) is 1. The normalized spacial score (nSPS) is 14.5. The van der Waals surface area contributed by atoms with Gasteiger partial charge in [-0.25, -0.2) is 4.79 Å². The average molecular weight is 357 g/mol. The molecule has 2 rings (SSSR count). The number of carbonyl (C=O) groups is 3. The van der Waals surface area contributed by atoms with E-state index >= 15 is 0 Å². The van der Waals surface area contributed by atoms with Crippen LogP contribution in [0.4, 0.5) is 0 Å². The minimum atomic E-state index is -1.11. The van der Waals surface area contributed by atoms with Crippen LogP contribution in [-0.4, -0.2) is 46.9 Å². The first-order chi connectivity index (χ1) is 12.4. The van der Waals surface area contributed by atoms with Gasteiger partial charge in [0.05, 0.1) is 6.54 Å². The third-order valence-electron chi connectivity index (χ3n) is 4.13. The van der Waals surface area contributed by atoms with Crippen molar-refractivity contribution < 1.29 is 19.5 Å². The van der Waals surface area contributed by atoms with E-state index in [4.69, 9.17) is 5.73 Å². The number of allylic oxidation sites excluding steroid dienone is 2. The zero-order valence-corrected chi connectivity index (χ0v) is 14.6. The van der Waals surface area contributed by atoms with E-state index in [1.165, 1.54) is 4.90 Å². The molecule has 0 aliphatic carbocycles. The number of rotatable bonds is 7. The molecule has 0 radical (unpaired) electrons. The summed E-state index contributed by atoms with van der Waals surface area (Å²) in [6, 6.07) is 6.21. The summed E-state index contributed by atoms with van der Waals surface area (Å²) in [6.45, 7) is 2.28. The van der Waals surface area contributed by atoms with Gasteiger partial charge < -0.3 is 21.1 Å². The standard InChI is InChI=1S/C19H23N3O4/c1-13-6-2-3-8-15(13)18(24)22-11-5-7-14(12-22)17(23)21-16(19(25)26)9-4-10-20/h2-3,5-8,11,16H,4,9-10,12,20H2,1H3,(H,21,23)(H,25,26). The number of carboxylic acids is 1. The van der Waals surface area contributed by atoms with Gasteiger partial charge in [0.2, 0.25) is 5.91 Å². The minimum Gasteiger partial charge on any atom is -0.480 e. The number of nitrogens with two attached hydrogens (primary N) is 1. The Bertz CT molecular complexity index is 755. The van der Waals surface area contributed by atoms with Crippen LogP contribution in [0.5, 0.6) is 0 Å². The fourth-order valence-corrected chi connectivity index (χ4v) is 2.64. The van der Waals surface area contributed by atoms with Crippen molar-refractivity contribution in [2.24, 2.45) is 5.73 Å². The van der Waals surface area contributed by atoms with Gasteiger partial charge in [-0.15, -0.1) is 0 Å². The number of hydrogen-bond acceptors (Lipinski definition) is 4. The molecule has 26 heavy (non-hydrogen) atoms. The largest absolute Gasteiger partial charge is 0.480 e. The maximum Gasteiger partial charge on any atom is 0.326 e. The van der Waals surface area contributed by atoms with E-state index in [-0.39, 0.29) is 18.9 Å². The topological polar surface area (TPSA) is 113 Å². The summed E-state index contributed by atoms with van der Waals surface area (Å²) >= 11 is 0. The number of carbonyl (C=O) groups excluding carboxylic acids is 2. The molecule has 0 saturated heterocycles. The van der Waals surface area contributed by atoms with Crippen LogP contribution in [0, 0.1) is 6.92 Å². The minimum absolute atomic E-state index is 0.0821. The molecule has 0 spiro atoms. The van der Waals surface area contributed by atoms with Crippen molar-refractivity contribution in [2.75, 3.05) is 13.1 Å². The number of amides is 2. The Morgan fingerprint density at radius 3 is 2.69 bits per heavy atom. The summed E-state index contributed by atoms with van der Waals surface area (Å²) < 4.78 is 0. The molecule has 1 unspecified atom stereocenters. The van der Waals surface area contributed by atoms with Crippen LogP contribution in [0.25, 0.3) is 0 Å². The fraction of sp³-hybridized carbons (Fsp3) is 0.316. The summed E-state index contributed by atoms with van der Waals surface area (Å²) in [4.78, 5) is 37.8. The summed E-state index contributed by atoms with van der Waals surface area (Å²) in [7, 11) is 0. The van der Waals surface area contributed by atoms with E-state index in [9.17, 15) is 19.5 Å². The smallest absolute Gasteiger partial charge is 0.326 e. The lowest BCUT2D eigenvalue weighted by Gasteiger charge is -2.24. The van der Waals surface area contributed by atoms with Crippen LogP contribution in [0.3, 0.4) is 0 Å². The van der Waals surface area contributed by atoms with Crippen LogP contribution >= 0.6 is 0 Å². The number of benzene rings is 1. The molecule has 138 valence electrons. The predicted octanol–water partition coefficient (Wildman–Crippen LogP) is 1.20. The Hall–Kier alpha value is -2.93. The van der Waals surface area contributed by atoms with Crippen molar-refractivity contribution >= 4 is 17.8 Å². The van der Waals surface area contributed by atoms with Crippen LogP contribution < -0.4 is 11.1 Å². The number of nitrogens with one attached hydrogen (secondary N) is 1. The van der Waals surface area contributed by atoms with Crippen LogP contribution in [0.2, 0.25) is 0 Å². The average Bonchev–Trinajstić information content (AvgIpc) is 2.64. The van der Waals surface area contributed by atoms with Crippen LogP contribution in [0.1, 0.15) is 28.8 Å². The Balaban J connectivity index is 2.05. The highest BCUT2D eigenvalue weighted by atomic mass is 16.4. The van der Waals surface area contributed by atoms with Gasteiger partial charge in [-0.1, -0.05) is 24.3 Å². The molecule has 0 aromatic heterocycles. The van der Waals surface area contributed by atoms with Crippen molar-refractivity contribution in [3.63, 3.8) is 0 Å². The lowest BCUT2D eigenvalue weighted by molar-refractivity contribution is -0.141. The van der Waals surface area contributed by atoms with Gasteiger partial charge in [-0.2, -0.15) is 0 Å². The van der Waals surface area contributed by atoms with E-state index in [0.29, 0.717) is 24.1 Å². The fourth-order valence-electron chi connectivity index (χ4n) is 2.64. The molecule has 7 heteroatoms. The summed E-state index contributed by atoms with van der Waals surface area (Å²) in [5, 5.41) is 11.7. The van der Waals surface area contributed by atoms with Crippen molar-refractivity contribution in [1.29, 1.82) is 0 Å². The van der Waals surface area contributed by atoms with Gasteiger partial charge in [0.1, 0.15) is 6.04 Å². The highest BCUT2D eigenvalue weighted by Gasteiger charge is 2.25. The van der Waals surface area contributed by atoms with Gasteiger partial charge in [-0.3, -0.25) is 9.59 Å². The highest BCUT2D eigenvalue weighted by Crippen LogP contribution is 2.15. The number of aliphatic carboxylic acids is 1. The first kappa shape index (κ1) is 19.4. The van der Waals surface area contributed by atoms with Gasteiger partial charge in [-0.05, 0) is 44.0 Å². The second-order valence-electron chi connectivity index (χ2n) is 6.08. The van der Waals surface area contributed by atoms with Crippen molar-refractivity contribution in [1.82, 2.24) is 10.2 Å². The Morgan fingerprint density at radius 2 is 2.04 bits per heavy atom. The molecule has 2 amide bonds. The van der Waals surface area contributed by atoms with Crippen molar-refractivity contribution in [3.05, 3.63) is 59.3 Å². The molecule has 4 N–H and O–H groups in total. The molecule has 7 nitrogen and oxygen atoms in total. The van der Waals surface area contributed by atoms with Crippen molar-refractivity contribution in [2.45, 2.75) is 25.8 Å². The predicted molar refractivity (Wildman–Crippen MR) is 97.3 cm³/mol. The maximum absolute atomic E-state index is 12.7. The van der Waals surface area contributed by atoms with Gasteiger partial charge in [0.15, 0.2) is 0 Å². The molecule has 1 aliphatic rings. The maximum atomic E-state index is 12.7. The zero-order chi connectivity index (χ0) is 19.1. The Kier molecular flexibility index (Phi) is 6.68. The highest BCUT2D eigenvalue weighted by molar-refractivity contribution is 6.00. The van der Waals surface area contributed by atoms with E-state index in [1.807, 2.05) is 19.1 Å².